The molecule has 0 saturated carbocycles. The van der Waals surface area contributed by atoms with Gasteiger partial charge < -0.3 is 4.90 Å². The molecule has 0 saturated heterocycles. The van der Waals surface area contributed by atoms with Crippen molar-refractivity contribution in [3.05, 3.63) is 38.9 Å². The Morgan fingerprint density at radius 2 is 2.33 bits per heavy atom. The molecular formula is C13H14ClN3S. The molecule has 1 aliphatic heterocycles. The van der Waals surface area contributed by atoms with Crippen molar-refractivity contribution in [2.24, 2.45) is 0 Å². The first kappa shape index (κ1) is 11.9. The van der Waals surface area contributed by atoms with Crippen molar-refractivity contribution >= 4 is 28.8 Å². The lowest BCUT2D eigenvalue weighted by Gasteiger charge is -2.28. The molecule has 3 nitrogen and oxygen atoms in total. The molecule has 18 heavy (non-hydrogen) atoms. The van der Waals surface area contributed by atoms with Crippen molar-refractivity contribution < 1.29 is 0 Å². The van der Waals surface area contributed by atoms with Crippen LogP contribution in [0.1, 0.15) is 23.2 Å². The Hall–Kier alpha value is -1.13. The summed E-state index contributed by atoms with van der Waals surface area (Å²) in [4.78, 5) is 12.6. The fourth-order valence-corrected chi connectivity index (χ4v) is 3.30. The van der Waals surface area contributed by atoms with Gasteiger partial charge in [0.15, 0.2) is 0 Å². The quantitative estimate of drug-likeness (QED) is 0.790. The van der Waals surface area contributed by atoms with E-state index in [1.165, 1.54) is 10.4 Å². The Morgan fingerprint density at radius 3 is 3.17 bits per heavy atom. The van der Waals surface area contributed by atoms with E-state index >= 15 is 0 Å². The van der Waals surface area contributed by atoms with Gasteiger partial charge in [0.25, 0.3) is 0 Å². The molecule has 0 bridgehead atoms. The minimum atomic E-state index is 0.535. The predicted octanol–water partition coefficient (Wildman–Crippen LogP) is 3.32. The zero-order valence-electron chi connectivity index (χ0n) is 10.2. The molecule has 0 fully saturated rings. The number of anilines is 1. The monoisotopic (exact) mass is 279 g/mol. The number of thiophene rings is 1. The number of nitrogens with zero attached hydrogens (tertiary/aromatic N) is 3. The van der Waals surface area contributed by atoms with Crippen LogP contribution in [0, 0.1) is 0 Å². The molecule has 0 amide bonds. The Balaban J connectivity index is 1.90. The standard InChI is InChI=1S/C13H14ClN3S/c1-2-12-15-11(14)7-13(16-12)17-5-3-10-9(8-17)4-6-18-10/h4,6-7H,2-3,5,8H2,1H3. The second kappa shape index (κ2) is 4.86. The number of halogens is 1. The van der Waals surface area contributed by atoms with Gasteiger partial charge in [0.1, 0.15) is 16.8 Å². The molecule has 3 rings (SSSR count). The van der Waals surface area contributed by atoms with Crippen molar-refractivity contribution in [1.82, 2.24) is 9.97 Å². The van der Waals surface area contributed by atoms with Crippen LogP contribution in [0.4, 0.5) is 5.82 Å². The normalized spacial score (nSPS) is 14.7. The van der Waals surface area contributed by atoms with Crippen LogP contribution in [0.2, 0.25) is 5.15 Å². The Kier molecular flexibility index (Phi) is 3.22. The van der Waals surface area contributed by atoms with E-state index in [9.17, 15) is 0 Å². The van der Waals surface area contributed by atoms with Gasteiger partial charge in [0.2, 0.25) is 0 Å². The van der Waals surface area contributed by atoms with E-state index < -0.39 is 0 Å². The highest BCUT2D eigenvalue weighted by molar-refractivity contribution is 7.10. The molecule has 0 radical (unpaired) electrons. The summed E-state index contributed by atoms with van der Waals surface area (Å²) in [6, 6.07) is 4.06. The second-order valence-electron chi connectivity index (χ2n) is 4.36. The molecular weight excluding hydrogens is 266 g/mol. The summed E-state index contributed by atoms with van der Waals surface area (Å²) in [6.07, 6.45) is 1.90. The number of hydrogen-bond acceptors (Lipinski definition) is 4. The number of aryl methyl sites for hydroxylation is 1. The van der Waals surface area contributed by atoms with Crippen molar-refractivity contribution in [1.29, 1.82) is 0 Å². The zero-order valence-corrected chi connectivity index (χ0v) is 11.8. The van der Waals surface area contributed by atoms with Crippen LogP contribution in [0.15, 0.2) is 17.5 Å². The third-order valence-electron chi connectivity index (χ3n) is 3.18. The van der Waals surface area contributed by atoms with Gasteiger partial charge in [-0.3, -0.25) is 0 Å². The molecule has 2 aromatic rings. The number of rotatable bonds is 2. The van der Waals surface area contributed by atoms with E-state index in [1.807, 2.05) is 24.3 Å². The lowest BCUT2D eigenvalue weighted by atomic mass is 10.1. The SMILES string of the molecule is CCc1nc(Cl)cc(N2CCc3sccc3C2)n1. The average Bonchev–Trinajstić information content (AvgIpc) is 2.85. The van der Waals surface area contributed by atoms with Crippen LogP contribution in [0.5, 0.6) is 0 Å². The minimum absolute atomic E-state index is 0.535. The van der Waals surface area contributed by atoms with Crippen LogP contribution in [-0.4, -0.2) is 16.5 Å². The highest BCUT2D eigenvalue weighted by atomic mass is 35.5. The fourth-order valence-electron chi connectivity index (χ4n) is 2.22. The molecule has 0 aliphatic carbocycles. The largest absolute Gasteiger partial charge is 0.352 e. The molecule has 2 aromatic heterocycles. The van der Waals surface area contributed by atoms with Gasteiger partial charge in [0.05, 0.1) is 0 Å². The van der Waals surface area contributed by atoms with E-state index in [2.05, 4.69) is 26.3 Å². The van der Waals surface area contributed by atoms with Crippen molar-refractivity contribution in [2.75, 3.05) is 11.4 Å². The average molecular weight is 280 g/mol. The third-order valence-corrected chi connectivity index (χ3v) is 4.39. The van der Waals surface area contributed by atoms with Gasteiger partial charge in [-0.05, 0) is 23.4 Å². The molecule has 0 spiro atoms. The number of aromatic nitrogens is 2. The molecule has 0 atom stereocenters. The summed E-state index contributed by atoms with van der Waals surface area (Å²) in [5.41, 5.74) is 1.42. The van der Waals surface area contributed by atoms with E-state index in [0.717, 1.165) is 37.6 Å². The number of hydrogen-bond donors (Lipinski definition) is 0. The van der Waals surface area contributed by atoms with Crippen molar-refractivity contribution in [3.8, 4) is 0 Å². The van der Waals surface area contributed by atoms with Gasteiger partial charge in [-0.2, -0.15) is 0 Å². The van der Waals surface area contributed by atoms with E-state index in [1.54, 1.807) is 0 Å². The summed E-state index contributed by atoms with van der Waals surface area (Å²) >= 11 is 7.90. The molecule has 3 heterocycles. The lowest BCUT2D eigenvalue weighted by molar-refractivity contribution is 0.725. The molecule has 1 aliphatic rings. The third kappa shape index (κ3) is 2.22. The first-order valence-electron chi connectivity index (χ1n) is 6.10. The summed E-state index contributed by atoms with van der Waals surface area (Å²) in [5.74, 6) is 1.76. The molecule has 0 aromatic carbocycles. The summed E-state index contributed by atoms with van der Waals surface area (Å²) < 4.78 is 0. The molecule has 94 valence electrons. The van der Waals surface area contributed by atoms with Crippen LogP contribution >= 0.6 is 22.9 Å². The van der Waals surface area contributed by atoms with E-state index in [-0.39, 0.29) is 0 Å². The van der Waals surface area contributed by atoms with Crippen LogP contribution < -0.4 is 4.90 Å². The van der Waals surface area contributed by atoms with Crippen molar-refractivity contribution in [2.45, 2.75) is 26.3 Å². The van der Waals surface area contributed by atoms with Gasteiger partial charge in [0, 0.05) is 30.5 Å². The summed E-state index contributed by atoms with van der Waals surface area (Å²) in [6.45, 7) is 3.97. The van der Waals surface area contributed by atoms with Gasteiger partial charge in [-0.15, -0.1) is 11.3 Å². The van der Waals surface area contributed by atoms with Gasteiger partial charge in [-0.25, -0.2) is 9.97 Å². The maximum absolute atomic E-state index is 6.05. The first-order chi connectivity index (χ1) is 8.76. The Labute approximate surface area is 115 Å². The number of fused-ring (bicyclic) bond motifs is 1. The van der Waals surface area contributed by atoms with E-state index in [0.29, 0.717) is 5.15 Å². The Morgan fingerprint density at radius 1 is 1.44 bits per heavy atom. The smallest absolute Gasteiger partial charge is 0.134 e. The maximum atomic E-state index is 6.05. The molecule has 0 N–H and O–H groups in total. The molecule has 0 unspecified atom stereocenters. The van der Waals surface area contributed by atoms with Crippen LogP contribution in [0.25, 0.3) is 0 Å². The van der Waals surface area contributed by atoms with Crippen LogP contribution in [0.3, 0.4) is 0 Å². The highest BCUT2D eigenvalue weighted by Crippen LogP contribution is 2.27. The second-order valence-corrected chi connectivity index (χ2v) is 5.75. The summed E-state index contributed by atoms with van der Waals surface area (Å²) in [7, 11) is 0. The first-order valence-corrected chi connectivity index (χ1v) is 7.35. The van der Waals surface area contributed by atoms with E-state index in [4.69, 9.17) is 11.6 Å². The lowest BCUT2D eigenvalue weighted by Crippen LogP contribution is -2.30. The minimum Gasteiger partial charge on any atom is -0.352 e. The van der Waals surface area contributed by atoms with Crippen molar-refractivity contribution in [3.63, 3.8) is 0 Å². The fraction of sp³-hybridized carbons (Fsp3) is 0.385. The predicted molar refractivity (Wildman–Crippen MR) is 75.5 cm³/mol. The Bertz CT molecular complexity index is 567. The topological polar surface area (TPSA) is 29.0 Å². The molecule has 5 heteroatoms. The summed E-state index contributed by atoms with van der Waals surface area (Å²) in [5, 5.41) is 2.70. The van der Waals surface area contributed by atoms with Gasteiger partial charge in [-0.1, -0.05) is 18.5 Å². The zero-order chi connectivity index (χ0) is 12.5. The maximum Gasteiger partial charge on any atom is 0.134 e. The highest BCUT2D eigenvalue weighted by Gasteiger charge is 2.19. The van der Waals surface area contributed by atoms with Gasteiger partial charge >= 0.3 is 0 Å². The van der Waals surface area contributed by atoms with Crippen LogP contribution in [-0.2, 0) is 19.4 Å².